The summed E-state index contributed by atoms with van der Waals surface area (Å²) in [4.78, 5) is 12.2. The van der Waals surface area contributed by atoms with Crippen LogP contribution in [0.25, 0.3) is 5.69 Å². The van der Waals surface area contributed by atoms with Crippen molar-refractivity contribution in [1.82, 2.24) is 20.4 Å². The zero-order valence-corrected chi connectivity index (χ0v) is 14.1. The molecule has 1 aromatic heterocycles. The first-order valence-electron chi connectivity index (χ1n) is 7.49. The first kappa shape index (κ1) is 19.1. The smallest absolute Gasteiger partial charge is 0.254 e. The van der Waals surface area contributed by atoms with E-state index in [4.69, 9.17) is 0 Å². The molecule has 0 saturated carbocycles. The molecule has 1 heterocycles. The Morgan fingerprint density at radius 2 is 1.91 bits per heavy atom. The van der Waals surface area contributed by atoms with Crippen LogP contribution >= 0.6 is 12.4 Å². The molecule has 7 heteroatoms. The molecule has 0 unspecified atom stereocenters. The quantitative estimate of drug-likeness (QED) is 0.761. The summed E-state index contributed by atoms with van der Waals surface area (Å²) in [5, 5.41) is 10.3. The Balaban J connectivity index is 0.00000264. The highest BCUT2D eigenvalue weighted by atomic mass is 35.5. The fraction of sp³-hybridized carbons (Fsp3) is 0.375. The van der Waals surface area contributed by atoms with Crippen LogP contribution in [0.5, 0.6) is 0 Å². The zero-order valence-electron chi connectivity index (χ0n) is 13.3. The Labute approximate surface area is 141 Å². The minimum atomic E-state index is -0.296. The van der Waals surface area contributed by atoms with Gasteiger partial charge in [0.05, 0.1) is 23.1 Å². The summed E-state index contributed by atoms with van der Waals surface area (Å²) in [5.41, 5.74) is 2.11. The summed E-state index contributed by atoms with van der Waals surface area (Å²) in [5.74, 6) is -0.432. The minimum Gasteiger partial charge on any atom is -0.351 e. The lowest BCUT2D eigenvalue weighted by Crippen LogP contribution is -2.32. The molecular formula is C16H22ClFN4O. The van der Waals surface area contributed by atoms with Crippen LogP contribution < -0.4 is 10.6 Å². The zero-order chi connectivity index (χ0) is 15.9. The maximum atomic E-state index is 13.0. The maximum Gasteiger partial charge on any atom is 0.254 e. The lowest BCUT2D eigenvalue weighted by Gasteiger charge is -2.09. The molecule has 2 aromatic rings. The molecule has 0 aliphatic rings. The summed E-state index contributed by atoms with van der Waals surface area (Å²) in [6, 6.07) is 6.06. The van der Waals surface area contributed by atoms with E-state index < -0.39 is 0 Å². The first-order valence-corrected chi connectivity index (χ1v) is 7.49. The molecule has 1 aromatic carbocycles. The largest absolute Gasteiger partial charge is 0.351 e. The third-order valence-corrected chi connectivity index (χ3v) is 3.36. The van der Waals surface area contributed by atoms with Gasteiger partial charge in [0, 0.05) is 13.1 Å². The summed E-state index contributed by atoms with van der Waals surface area (Å²) in [7, 11) is 0. The number of halogens is 2. The number of amides is 1. The van der Waals surface area contributed by atoms with Gasteiger partial charge in [0.2, 0.25) is 0 Å². The third-order valence-electron chi connectivity index (χ3n) is 3.36. The highest BCUT2D eigenvalue weighted by molar-refractivity contribution is 5.95. The van der Waals surface area contributed by atoms with E-state index in [-0.39, 0.29) is 24.1 Å². The molecule has 126 valence electrons. The van der Waals surface area contributed by atoms with E-state index >= 15 is 0 Å². The molecule has 0 fully saturated rings. The van der Waals surface area contributed by atoms with E-state index in [1.165, 1.54) is 12.1 Å². The van der Waals surface area contributed by atoms with Gasteiger partial charge < -0.3 is 10.6 Å². The van der Waals surface area contributed by atoms with Crippen molar-refractivity contribution in [3.8, 4) is 5.69 Å². The molecule has 0 aliphatic heterocycles. The van der Waals surface area contributed by atoms with Gasteiger partial charge in [-0.25, -0.2) is 9.07 Å². The molecule has 1 amide bonds. The predicted molar refractivity (Wildman–Crippen MR) is 91.0 cm³/mol. The van der Waals surface area contributed by atoms with Crippen LogP contribution in [0.15, 0.2) is 30.5 Å². The number of hydrogen-bond acceptors (Lipinski definition) is 3. The highest BCUT2D eigenvalue weighted by Gasteiger charge is 2.16. The van der Waals surface area contributed by atoms with E-state index in [9.17, 15) is 9.18 Å². The van der Waals surface area contributed by atoms with Crippen molar-refractivity contribution in [3.05, 3.63) is 47.5 Å². The van der Waals surface area contributed by atoms with Gasteiger partial charge in [-0.05, 0) is 37.2 Å². The number of benzene rings is 1. The van der Waals surface area contributed by atoms with E-state index in [1.807, 2.05) is 13.8 Å². The molecule has 0 saturated heterocycles. The summed E-state index contributed by atoms with van der Waals surface area (Å²) >= 11 is 0. The second-order valence-corrected chi connectivity index (χ2v) is 4.86. The normalized spacial score (nSPS) is 10.2. The molecule has 2 rings (SSSR count). The number of rotatable bonds is 7. The average Bonchev–Trinajstić information content (AvgIpc) is 2.96. The van der Waals surface area contributed by atoms with Crippen molar-refractivity contribution in [1.29, 1.82) is 0 Å². The lowest BCUT2D eigenvalue weighted by molar-refractivity contribution is 0.0953. The average molecular weight is 341 g/mol. The lowest BCUT2D eigenvalue weighted by atomic mass is 10.2. The molecule has 0 atom stereocenters. The Kier molecular flexibility index (Phi) is 7.71. The standard InChI is InChI=1S/C16H21FN4O.ClH/c1-3-15-14(16(22)19-10-9-18-4-2)11-20-21(15)13-7-5-12(17)6-8-13;/h5-8,11,18H,3-4,9-10H2,1-2H3,(H,19,22);1H. The summed E-state index contributed by atoms with van der Waals surface area (Å²) in [6.07, 6.45) is 2.22. The monoisotopic (exact) mass is 340 g/mol. The van der Waals surface area contributed by atoms with Crippen LogP contribution in [-0.2, 0) is 6.42 Å². The molecule has 0 radical (unpaired) electrons. The fourth-order valence-corrected chi connectivity index (χ4v) is 2.24. The second kappa shape index (κ2) is 9.27. The van der Waals surface area contributed by atoms with Crippen molar-refractivity contribution in [2.24, 2.45) is 0 Å². The number of nitrogens with zero attached hydrogens (tertiary/aromatic N) is 2. The van der Waals surface area contributed by atoms with Gasteiger partial charge >= 0.3 is 0 Å². The molecule has 23 heavy (non-hydrogen) atoms. The SMILES string of the molecule is CCNCCNC(=O)c1cnn(-c2ccc(F)cc2)c1CC.Cl. The molecule has 0 spiro atoms. The Bertz CT molecular complexity index is 628. The van der Waals surface area contributed by atoms with Gasteiger partial charge in [0.15, 0.2) is 0 Å². The number of likely N-dealkylation sites (N-methyl/N-ethyl adjacent to an activating group) is 1. The van der Waals surface area contributed by atoms with E-state index in [2.05, 4.69) is 15.7 Å². The van der Waals surface area contributed by atoms with Crippen molar-refractivity contribution in [3.63, 3.8) is 0 Å². The van der Waals surface area contributed by atoms with Gasteiger partial charge in [0.1, 0.15) is 5.82 Å². The predicted octanol–water partition coefficient (Wildman–Crippen LogP) is 2.33. The molecule has 0 bridgehead atoms. The van der Waals surface area contributed by atoms with Crippen molar-refractivity contribution < 1.29 is 9.18 Å². The number of nitrogens with one attached hydrogen (secondary N) is 2. The van der Waals surface area contributed by atoms with Gasteiger partial charge in [0.25, 0.3) is 5.91 Å². The number of hydrogen-bond donors (Lipinski definition) is 2. The minimum absolute atomic E-state index is 0. The van der Waals surface area contributed by atoms with Crippen molar-refractivity contribution in [2.45, 2.75) is 20.3 Å². The van der Waals surface area contributed by atoms with Crippen LogP contribution in [0.1, 0.15) is 29.9 Å². The van der Waals surface area contributed by atoms with Gasteiger partial charge in [-0.15, -0.1) is 12.4 Å². The Hall–Kier alpha value is -1.92. The second-order valence-electron chi connectivity index (χ2n) is 4.86. The highest BCUT2D eigenvalue weighted by Crippen LogP contribution is 2.16. The fourth-order valence-electron chi connectivity index (χ4n) is 2.24. The van der Waals surface area contributed by atoms with Gasteiger partial charge in [-0.2, -0.15) is 5.10 Å². The number of aromatic nitrogens is 2. The van der Waals surface area contributed by atoms with Crippen LogP contribution in [-0.4, -0.2) is 35.3 Å². The maximum absolute atomic E-state index is 13.0. The van der Waals surface area contributed by atoms with Gasteiger partial charge in [-0.1, -0.05) is 13.8 Å². The summed E-state index contributed by atoms with van der Waals surface area (Å²) < 4.78 is 14.7. The van der Waals surface area contributed by atoms with Crippen molar-refractivity contribution >= 4 is 18.3 Å². The van der Waals surface area contributed by atoms with E-state index in [0.29, 0.717) is 18.5 Å². The number of carbonyl (C=O) groups is 1. The van der Waals surface area contributed by atoms with Crippen LogP contribution in [0.2, 0.25) is 0 Å². The Morgan fingerprint density at radius 1 is 1.22 bits per heavy atom. The van der Waals surface area contributed by atoms with Crippen LogP contribution in [0.4, 0.5) is 4.39 Å². The van der Waals surface area contributed by atoms with E-state index in [1.54, 1.807) is 23.0 Å². The molecule has 5 nitrogen and oxygen atoms in total. The van der Waals surface area contributed by atoms with E-state index in [0.717, 1.165) is 24.5 Å². The third kappa shape index (κ3) is 4.77. The first-order chi connectivity index (χ1) is 10.7. The van der Waals surface area contributed by atoms with Gasteiger partial charge in [-0.3, -0.25) is 4.79 Å². The van der Waals surface area contributed by atoms with Crippen LogP contribution in [0.3, 0.4) is 0 Å². The molecule has 2 N–H and O–H groups in total. The van der Waals surface area contributed by atoms with Crippen LogP contribution in [0, 0.1) is 5.82 Å². The summed E-state index contributed by atoms with van der Waals surface area (Å²) in [6.45, 7) is 6.15. The molecular weight excluding hydrogens is 319 g/mol. The Morgan fingerprint density at radius 3 is 2.52 bits per heavy atom. The van der Waals surface area contributed by atoms with Crippen molar-refractivity contribution in [2.75, 3.05) is 19.6 Å². The molecule has 0 aliphatic carbocycles. The number of carbonyl (C=O) groups excluding carboxylic acids is 1. The topological polar surface area (TPSA) is 58.9 Å².